The number of benzene rings is 2. The van der Waals surface area contributed by atoms with E-state index in [0.717, 1.165) is 11.3 Å². The van der Waals surface area contributed by atoms with Crippen LogP contribution in [0.2, 0.25) is 0 Å². The summed E-state index contributed by atoms with van der Waals surface area (Å²) in [6.07, 6.45) is 0. The highest BCUT2D eigenvalue weighted by Crippen LogP contribution is 2.17. The summed E-state index contributed by atoms with van der Waals surface area (Å²) >= 11 is 0. The SMILES string of the molecule is CC(C)c1ccc(NC(=O)N(CCO)Cc2ccccc2)cc1. The lowest BCUT2D eigenvalue weighted by atomic mass is 10.0. The molecule has 2 aromatic rings. The minimum absolute atomic E-state index is 0.0630. The molecule has 0 radical (unpaired) electrons. The van der Waals surface area contributed by atoms with Crippen molar-refractivity contribution in [2.75, 3.05) is 18.5 Å². The van der Waals surface area contributed by atoms with E-state index < -0.39 is 0 Å². The second-order valence-corrected chi connectivity index (χ2v) is 5.84. The topological polar surface area (TPSA) is 52.6 Å². The molecule has 2 rings (SSSR count). The lowest BCUT2D eigenvalue weighted by Gasteiger charge is -2.22. The predicted molar refractivity (Wildman–Crippen MR) is 93.5 cm³/mol. The quantitative estimate of drug-likeness (QED) is 0.851. The van der Waals surface area contributed by atoms with Gasteiger partial charge in [-0.15, -0.1) is 0 Å². The number of anilines is 1. The molecule has 0 heterocycles. The fourth-order valence-electron chi connectivity index (χ4n) is 2.33. The van der Waals surface area contributed by atoms with Crippen molar-refractivity contribution in [3.8, 4) is 0 Å². The minimum Gasteiger partial charge on any atom is -0.395 e. The molecule has 2 N–H and O–H groups in total. The molecule has 0 spiro atoms. The maximum Gasteiger partial charge on any atom is 0.322 e. The molecule has 0 bridgehead atoms. The van der Waals surface area contributed by atoms with Crippen LogP contribution in [0.15, 0.2) is 54.6 Å². The van der Waals surface area contributed by atoms with E-state index >= 15 is 0 Å². The van der Waals surface area contributed by atoms with E-state index in [1.165, 1.54) is 5.56 Å². The summed E-state index contributed by atoms with van der Waals surface area (Å²) in [4.78, 5) is 14.0. The number of nitrogens with zero attached hydrogens (tertiary/aromatic N) is 1. The molecule has 4 heteroatoms. The van der Waals surface area contributed by atoms with Gasteiger partial charge >= 0.3 is 6.03 Å². The first-order valence-corrected chi connectivity index (χ1v) is 7.91. The Morgan fingerprint density at radius 2 is 1.74 bits per heavy atom. The van der Waals surface area contributed by atoms with Crippen molar-refractivity contribution in [1.29, 1.82) is 0 Å². The van der Waals surface area contributed by atoms with Crippen LogP contribution in [-0.2, 0) is 6.54 Å². The monoisotopic (exact) mass is 312 g/mol. The van der Waals surface area contributed by atoms with Gasteiger partial charge in [0, 0.05) is 18.8 Å². The van der Waals surface area contributed by atoms with E-state index in [1.807, 2.05) is 54.6 Å². The first kappa shape index (κ1) is 17.0. The van der Waals surface area contributed by atoms with Gasteiger partial charge in [-0.2, -0.15) is 0 Å². The maximum absolute atomic E-state index is 12.4. The largest absolute Gasteiger partial charge is 0.395 e. The summed E-state index contributed by atoms with van der Waals surface area (Å²) in [6.45, 7) is 4.97. The van der Waals surface area contributed by atoms with E-state index in [1.54, 1.807) is 4.90 Å². The second kappa shape index (κ2) is 8.34. The highest BCUT2D eigenvalue weighted by Gasteiger charge is 2.13. The van der Waals surface area contributed by atoms with Crippen molar-refractivity contribution in [3.05, 3.63) is 65.7 Å². The van der Waals surface area contributed by atoms with E-state index in [0.29, 0.717) is 19.0 Å². The first-order valence-electron chi connectivity index (χ1n) is 7.91. The third kappa shape index (κ3) is 5.11. The molecule has 2 aromatic carbocycles. The van der Waals surface area contributed by atoms with Gasteiger partial charge in [-0.3, -0.25) is 0 Å². The lowest BCUT2D eigenvalue weighted by molar-refractivity contribution is 0.185. The molecule has 0 unspecified atom stereocenters. The second-order valence-electron chi connectivity index (χ2n) is 5.84. The molecule has 23 heavy (non-hydrogen) atoms. The van der Waals surface area contributed by atoms with Crippen LogP contribution in [0.5, 0.6) is 0 Å². The van der Waals surface area contributed by atoms with Crippen LogP contribution in [0.25, 0.3) is 0 Å². The zero-order chi connectivity index (χ0) is 16.7. The molecule has 0 aliphatic carbocycles. The number of urea groups is 1. The molecular weight excluding hydrogens is 288 g/mol. The number of amides is 2. The summed E-state index contributed by atoms with van der Waals surface area (Å²) in [5.74, 6) is 0.462. The van der Waals surface area contributed by atoms with Crippen LogP contribution in [0.3, 0.4) is 0 Å². The Bertz CT molecular complexity index is 609. The Balaban J connectivity index is 2.02. The maximum atomic E-state index is 12.4. The first-order chi connectivity index (χ1) is 11.1. The summed E-state index contributed by atoms with van der Waals surface area (Å²) in [7, 11) is 0. The number of aliphatic hydroxyl groups is 1. The number of hydrogen-bond donors (Lipinski definition) is 2. The highest BCUT2D eigenvalue weighted by atomic mass is 16.3. The van der Waals surface area contributed by atoms with E-state index in [9.17, 15) is 9.90 Å². The summed E-state index contributed by atoms with van der Waals surface area (Å²) in [5.41, 5.74) is 3.03. The molecule has 2 amide bonds. The molecule has 0 saturated carbocycles. The van der Waals surface area contributed by atoms with Gasteiger partial charge in [-0.1, -0.05) is 56.3 Å². The van der Waals surface area contributed by atoms with Crippen LogP contribution in [0, 0.1) is 0 Å². The summed E-state index contributed by atoms with van der Waals surface area (Å²) in [5, 5.41) is 12.1. The van der Waals surface area contributed by atoms with Crippen LogP contribution in [-0.4, -0.2) is 29.2 Å². The molecule has 0 aromatic heterocycles. The molecule has 122 valence electrons. The minimum atomic E-state index is -0.208. The third-order valence-electron chi connectivity index (χ3n) is 3.70. The Kier molecular flexibility index (Phi) is 6.18. The lowest BCUT2D eigenvalue weighted by Crippen LogP contribution is -2.36. The Morgan fingerprint density at radius 3 is 2.30 bits per heavy atom. The van der Waals surface area contributed by atoms with Crippen LogP contribution >= 0.6 is 0 Å². The van der Waals surface area contributed by atoms with Crippen LogP contribution in [0.4, 0.5) is 10.5 Å². The number of hydrogen-bond acceptors (Lipinski definition) is 2. The number of nitrogens with one attached hydrogen (secondary N) is 1. The standard InChI is InChI=1S/C19H24N2O2/c1-15(2)17-8-10-18(11-9-17)20-19(23)21(12-13-22)14-16-6-4-3-5-7-16/h3-11,15,22H,12-14H2,1-2H3,(H,20,23). The molecule has 0 aliphatic heterocycles. The molecule has 0 atom stereocenters. The average Bonchev–Trinajstić information content (AvgIpc) is 2.56. The van der Waals surface area contributed by atoms with E-state index in [-0.39, 0.29) is 12.6 Å². The molecule has 0 saturated heterocycles. The van der Waals surface area contributed by atoms with Crippen molar-refractivity contribution < 1.29 is 9.90 Å². The van der Waals surface area contributed by atoms with E-state index in [4.69, 9.17) is 0 Å². The van der Waals surface area contributed by atoms with Crippen molar-refractivity contribution in [3.63, 3.8) is 0 Å². The van der Waals surface area contributed by atoms with Crippen LogP contribution < -0.4 is 5.32 Å². The average molecular weight is 312 g/mol. The normalized spacial score (nSPS) is 10.6. The number of rotatable bonds is 6. The van der Waals surface area contributed by atoms with Gasteiger partial charge in [0.25, 0.3) is 0 Å². The van der Waals surface area contributed by atoms with Gasteiger partial charge in [0.15, 0.2) is 0 Å². The third-order valence-corrected chi connectivity index (χ3v) is 3.70. The molecule has 4 nitrogen and oxygen atoms in total. The Labute approximate surface area is 137 Å². The fourth-order valence-corrected chi connectivity index (χ4v) is 2.33. The van der Waals surface area contributed by atoms with Gasteiger partial charge in [0.1, 0.15) is 0 Å². The fraction of sp³-hybridized carbons (Fsp3) is 0.316. The van der Waals surface area contributed by atoms with Gasteiger partial charge in [-0.25, -0.2) is 4.79 Å². The van der Waals surface area contributed by atoms with Crippen molar-refractivity contribution in [2.24, 2.45) is 0 Å². The predicted octanol–water partition coefficient (Wildman–Crippen LogP) is 3.84. The number of aliphatic hydroxyl groups excluding tert-OH is 1. The summed E-state index contributed by atoms with van der Waals surface area (Å²) in [6, 6.07) is 17.4. The van der Waals surface area contributed by atoms with Gasteiger partial charge in [0.05, 0.1) is 6.61 Å². The van der Waals surface area contributed by atoms with Crippen molar-refractivity contribution in [1.82, 2.24) is 4.90 Å². The molecular formula is C19H24N2O2. The van der Waals surface area contributed by atoms with Gasteiger partial charge in [0.2, 0.25) is 0 Å². The Morgan fingerprint density at radius 1 is 1.09 bits per heavy atom. The van der Waals surface area contributed by atoms with Crippen LogP contribution in [0.1, 0.15) is 30.9 Å². The zero-order valence-corrected chi connectivity index (χ0v) is 13.7. The summed E-state index contributed by atoms with van der Waals surface area (Å²) < 4.78 is 0. The van der Waals surface area contributed by atoms with Crippen molar-refractivity contribution in [2.45, 2.75) is 26.3 Å². The smallest absolute Gasteiger partial charge is 0.322 e. The Hall–Kier alpha value is -2.33. The van der Waals surface area contributed by atoms with E-state index in [2.05, 4.69) is 19.2 Å². The molecule has 0 aliphatic rings. The number of carbonyl (C=O) groups is 1. The highest BCUT2D eigenvalue weighted by molar-refractivity contribution is 5.89. The van der Waals surface area contributed by atoms with Gasteiger partial charge < -0.3 is 15.3 Å². The van der Waals surface area contributed by atoms with Gasteiger partial charge in [-0.05, 0) is 29.2 Å². The van der Waals surface area contributed by atoms with Crippen molar-refractivity contribution >= 4 is 11.7 Å². The number of carbonyl (C=O) groups excluding carboxylic acids is 1. The zero-order valence-electron chi connectivity index (χ0n) is 13.7. The molecule has 0 fully saturated rings.